The normalized spacial score (nSPS) is 17.0. The average Bonchev–Trinajstić information content (AvgIpc) is 3.28. The van der Waals surface area contributed by atoms with Crippen LogP contribution in [-0.4, -0.2) is 35.1 Å². The topological polar surface area (TPSA) is 78.4 Å². The lowest BCUT2D eigenvalue weighted by Gasteiger charge is -2.27. The van der Waals surface area contributed by atoms with Gasteiger partial charge in [-0.25, -0.2) is 0 Å². The van der Waals surface area contributed by atoms with Crippen LogP contribution in [0.5, 0.6) is 0 Å². The molecule has 0 aliphatic heterocycles. The van der Waals surface area contributed by atoms with Crippen LogP contribution in [0, 0.1) is 5.92 Å². The summed E-state index contributed by atoms with van der Waals surface area (Å²) >= 11 is 0. The van der Waals surface area contributed by atoms with E-state index in [9.17, 15) is 14.7 Å². The molecule has 3 N–H and O–H groups in total. The van der Waals surface area contributed by atoms with Gasteiger partial charge in [-0.3, -0.25) is 9.59 Å². The van der Waals surface area contributed by atoms with Gasteiger partial charge in [0.2, 0.25) is 0 Å². The van der Waals surface area contributed by atoms with E-state index in [0.29, 0.717) is 17.2 Å². The van der Waals surface area contributed by atoms with E-state index < -0.39 is 5.60 Å². The standard InChI is InChI=1S/C17H24N2O3/c1-11(2)17(3,22)10-18-15(20)12-4-6-13(7-5-12)16(21)19-14-8-9-14/h4-7,11,14,22H,8-10H2,1-3H3,(H,18,20)(H,19,21). The van der Waals surface area contributed by atoms with E-state index in [1.807, 2.05) is 13.8 Å². The summed E-state index contributed by atoms with van der Waals surface area (Å²) in [5.41, 5.74) is 0.0832. The van der Waals surface area contributed by atoms with E-state index in [1.165, 1.54) is 0 Å². The molecule has 1 aliphatic carbocycles. The van der Waals surface area contributed by atoms with Crippen molar-refractivity contribution in [2.24, 2.45) is 5.92 Å². The van der Waals surface area contributed by atoms with Gasteiger partial charge in [0.25, 0.3) is 11.8 Å². The molecule has 1 aromatic rings. The molecule has 1 unspecified atom stereocenters. The quantitative estimate of drug-likeness (QED) is 0.749. The summed E-state index contributed by atoms with van der Waals surface area (Å²) in [5, 5.41) is 15.8. The third-order valence-corrected chi connectivity index (χ3v) is 4.17. The van der Waals surface area contributed by atoms with Crippen LogP contribution in [0.2, 0.25) is 0 Å². The average molecular weight is 304 g/mol. The summed E-state index contributed by atoms with van der Waals surface area (Å²) in [6, 6.07) is 6.86. The Kier molecular flexibility index (Phi) is 4.86. The third-order valence-electron chi connectivity index (χ3n) is 4.17. The van der Waals surface area contributed by atoms with E-state index in [2.05, 4.69) is 10.6 Å². The van der Waals surface area contributed by atoms with Gasteiger partial charge >= 0.3 is 0 Å². The zero-order valence-corrected chi connectivity index (χ0v) is 13.3. The first-order valence-electron chi connectivity index (χ1n) is 7.71. The molecule has 0 aromatic heterocycles. The molecule has 2 amide bonds. The summed E-state index contributed by atoms with van der Waals surface area (Å²) in [5.74, 6) is -0.312. The molecule has 120 valence electrons. The Morgan fingerprint density at radius 3 is 2.14 bits per heavy atom. The first-order chi connectivity index (χ1) is 10.3. The second-order valence-electron chi connectivity index (χ2n) is 6.52. The van der Waals surface area contributed by atoms with Gasteiger partial charge in [-0.15, -0.1) is 0 Å². The maximum Gasteiger partial charge on any atom is 0.251 e. The summed E-state index contributed by atoms with van der Waals surface area (Å²) in [6.07, 6.45) is 2.09. The van der Waals surface area contributed by atoms with Crippen molar-refractivity contribution in [3.63, 3.8) is 0 Å². The Bertz CT molecular complexity index is 546. The molecule has 1 atom stereocenters. The van der Waals surface area contributed by atoms with Gasteiger partial charge in [0.1, 0.15) is 0 Å². The fourth-order valence-corrected chi connectivity index (χ4v) is 1.83. The van der Waals surface area contributed by atoms with Crippen LogP contribution in [-0.2, 0) is 0 Å². The largest absolute Gasteiger partial charge is 0.388 e. The molecule has 1 aromatic carbocycles. The molecule has 0 radical (unpaired) electrons. The van der Waals surface area contributed by atoms with Gasteiger partial charge in [0.15, 0.2) is 0 Å². The SMILES string of the molecule is CC(C)C(C)(O)CNC(=O)c1ccc(C(=O)NC2CC2)cc1. The molecule has 1 aliphatic rings. The minimum absolute atomic E-state index is 0.0429. The zero-order chi connectivity index (χ0) is 16.3. The van der Waals surface area contributed by atoms with Gasteiger partial charge in [-0.05, 0) is 49.9 Å². The second-order valence-corrected chi connectivity index (χ2v) is 6.52. The van der Waals surface area contributed by atoms with Crippen molar-refractivity contribution in [1.82, 2.24) is 10.6 Å². The van der Waals surface area contributed by atoms with Crippen LogP contribution >= 0.6 is 0 Å². The van der Waals surface area contributed by atoms with Gasteiger partial charge < -0.3 is 15.7 Å². The second kappa shape index (κ2) is 6.48. The monoisotopic (exact) mass is 304 g/mol. The van der Waals surface area contributed by atoms with Crippen LogP contribution in [0.15, 0.2) is 24.3 Å². The van der Waals surface area contributed by atoms with Crippen molar-refractivity contribution in [2.45, 2.75) is 45.3 Å². The maximum atomic E-state index is 12.1. The van der Waals surface area contributed by atoms with Gasteiger partial charge in [0.05, 0.1) is 5.60 Å². The lowest BCUT2D eigenvalue weighted by Crippen LogP contribution is -2.44. The number of aliphatic hydroxyl groups is 1. The minimum atomic E-state index is -0.945. The predicted octanol–water partition coefficient (Wildman–Crippen LogP) is 1.72. The highest BCUT2D eigenvalue weighted by atomic mass is 16.3. The molecule has 5 nitrogen and oxygen atoms in total. The van der Waals surface area contributed by atoms with Crippen molar-refractivity contribution in [1.29, 1.82) is 0 Å². The molecular weight excluding hydrogens is 280 g/mol. The maximum absolute atomic E-state index is 12.1. The summed E-state index contributed by atoms with van der Waals surface area (Å²) in [6.45, 7) is 5.69. The fraction of sp³-hybridized carbons (Fsp3) is 0.529. The number of hydrogen-bond acceptors (Lipinski definition) is 3. The number of benzene rings is 1. The van der Waals surface area contributed by atoms with Crippen molar-refractivity contribution < 1.29 is 14.7 Å². The van der Waals surface area contributed by atoms with E-state index in [4.69, 9.17) is 0 Å². The summed E-state index contributed by atoms with van der Waals surface area (Å²) in [4.78, 5) is 23.9. The highest BCUT2D eigenvalue weighted by Gasteiger charge is 2.26. The Labute approximate surface area is 131 Å². The Balaban J connectivity index is 1.91. The number of carbonyl (C=O) groups excluding carboxylic acids is 2. The summed E-state index contributed by atoms with van der Waals surface area (Å²) in [7, 11) is 0. The number of amides is 2. The molecule has 1 saturated carbocycles. The van der Waals surface area contributed by atoms with Gasteiger partial charge in [0, 0.05) is 23.7 Å². The predicted molar refractivity (Wildman–Crippen MR) is 84.7 cm³/mol. The molecule has 5 heteroatoms. The molecule has 0 saturated heterocycles. The smallest absolute Gasteiger partial charge is 0.251 e. The van der Waals surface area contributed by atoms with Crippen LogP contribution < -0.4 is 10.6 Å². The van der Waals surface area contributed by atoms with Crippen LogP contribution in [0.3, 0.4) is 0 Å². The molecule has 0 bridgehead atoms. The molecule has 1 fully saturated rings. The van der Waals surface area contributed by atoms with Gasteiger partial charge in [-0.2, -0.15) is 0 Å². The Hall–Kier alpha value is -1.88. The van der Waals surface area contributed by atoms with Gasteiger partial charge in [-0.1, -0.05) is 13.8 Å². The molecule has 0 heterocycles. The first-order valence-corrected chi connectivity index (χ1v) is 7.71. The molecule has 2 rings (SSSR count). The lowest BCUT2D eigenvalue weighted by molar-refractivity contribution is 0.0142. The van der Waals surface area contributed by atoms with Crippen molar-refractivity contribution >= 4 is 11.8 Å². The van der Waals surface area contributed by atoms with Crippen molar-refractivity contribution in [3.8, 4) is 0 Å². The zero-order valence-electron chi connectivity index (χ0n) is 13.3. The highest BCUT2D eigenvalue weighted by Crippen LogP contribution is 2.19. The number of rotatable bonds is 6. The van der Waals surface area contributed by atoms with E-state index in [-0.39, 0.29) is 24.3 Å². The van der Waals surface area contributed by atoms with E-state index in [1.54, 1.807) is 31.2 Å². The minimum Gasteiger partial charge on any atom is -0.388 e. The summed E-state index contributed by atoms with van der Waals surface area (Å²) < 4.78 is 0. The molecular formula is C17H24N2O3. The fourth-order valence-electron chi connectivity index (χ4n) is 1.83. The Morgan fingerprint density at radius 1 is 1.18 bits per heavy atom. The lowest BCUT2D eigenvalue weighted by atomic mass is 9.92. The number of nitrogens with one attached hydrogen (secondary N) is 2. The molecule has 22 heavy (non-hydrogen) atoms. The molecule has 0 spiro atoms. The van der Waals surface area contributed by atoms with Crippen molar-refractivity contribution in [2.75, 3.05) is 6.54 Å². The van der Waals surface area contributed by atoms with Crippen molar-refractivity contribution in [3.05, 3.63) is 35.4 Å². The number of carbonyl (C=O) groups is 2. The Morgan fingerprint density at radius 2 is 1.68 bits per heavy atom. The van der Waals surface area contributed by atoms with E-state index in [0.717, 1.165) is 12.8 Å². The first kappa shape index (κ1) is 16.5. The van der Waals surface area contributed by atoms with Crippen LogP contribution in [0.25, 0.3) is 0 Å². The number of hydrogen-bond donors (Lipinski definition) is 3. The highest BCUT2D eigenvalue weighted by molar-refractivity contribution is 5.98. The van der Waals surface area contributed by atoms with Crippen LogP contribution in [0.4, 0.5) is 0 Å². The third kappa shape index (κ3) is 4.31. The van der Waals surface area contributed by atoms with E-state index >= 15 is 0 Å². The van der Waals surface area contributed by atoms with Crippen LogP contribution in [0.1, 0.15) is 54.3 Å².